The van der Waals surface area contributed by atoms with Crippen molar-refractivity contribution in [2.75, 3.05) is 0 Å². The van der Waals surface area contributed by atoms with Crippen molar-refractivity contribution < 1.29 is 33.4 Å². The van der Waals surface area contributed by atoms with Crippen molar-refractivity contribution in [1.82, 2.24) is 0 Å². The zero-order valence-corrected chi connectivity index (χ0v) is 28.3. The first-order valence-corrected chi connectivity index (χ1v) is 18.1. The average Bonchev–Trinajstić information content (AvgIpc) is 3.44. The predicted molar refractivity (Wildman–Crippen MR) is 192 cm³/mol. The molecule has 2 aliphatic carbocycles. The van der Waals surface area contributed by atoms with Crippen molar-refractivity contribution in [1.29, 1.82) is 0 Å². The fraction of sp³-hybridized carbons (Fsp3) is 0.273. The average molecular weight is 677 g/mol. The van der Waals surface area contributed by atoms with Gasteiger partial charge in [0.15, 0.2) is 0 Å². The summed E-state index contributed by atoms with van der Waals surface area (Å²) in [7, 11) is 0. The smallest absolute Gasteiger partial charge is 0.347 e. The number of hydrogen-bond acceptors (Lipinski definition) is 7. The second-order valence-corrected chi connectivity index (χ2v) is 14.0. The molecule has 0 unspecified atom stereocenters. The molecule has 7 nitrogen and oxygen atoms in total. The normalized spacial score (nSPS) is 17.1. The van der Waals surface area contributed by atoms with E-state index in [9.17, 15) is 19.2 Å². The van der Waals surface area contributed by atoms with E-state index in [-0.39, 0.29) is 35.9 Å². The molecular weight excluding hydrogens is 640 g/mol. The van der Waals surface area contributed by atoms with E-state index in [0.29, 0.717) is 29.9 Å². The third-order valence-electron chi connectivity index (χ3n) is 11.1. The molecular formula is C44H36O7. The van der Waals surface area contributed by atoms with Gasteiger partial charge >= 0.3 is 23.9 Å². The van der Waals surface area contributed by atoms with Crippen molar-refractivity contribution in [3.05, 3.63) is 117 Å². The van der Waals surface area contributed by atoms with E-state index in [1.54, 1.807) is 6.07 Å². The van der Waals surface area contributed by atoms with Crippen LogP contribution in [-0.4, -0.2) is 23.9 Å². The minimum atomic E-state index is -0.698. The van der Waals surface area contributed by atoms with Gasteiger partial charge in [0.25, 0.3) is 0 Å². The highest BCUT2D eigenvalue weighted by Crippen LogP contribution is 2.47. The van der Waals surface area contributed by atoms with Gasteiger partial charge in [-0.15, -0.1) is 0 Å². The molecule has 4 aliphatic rings. The van der Waals surface area contributed by atoms with Crippen LogP contribution in [0.1, 0.15) is 92.6 Å². The van der Waals surface area contributed by atoms with E-state index >= 15 is 0 Å². The van der Waals surface area contributed by atoms with Crippen LogP contribution in [-0.2, 0) is 52.9 Å². The lowest BCUT2D eigenvalue weighted by atomic mass is 9.80. The Morgan fingerprint density at radius 2 is 0.980 bits per heavy atom. The molecule has 0 saturated carbocycles. The highest BCUT2D eigenvalue weighted by molar-refractivity contribution is 6.23. The van der Waals surface area contributed by atoms with E-state index < -0.39 is 11.9 Å². The van der Waals surface area contributed by atoms with Crippen molar-refractivity contribution >= 4 is 34.6 Å². The van der Waals surface area contributed by atoms with Gasteiger partial charge < -0.3 is 14.2 Å². The third-order valence-corrected chi connectivity index (χ3v) is 11.1. The molecule has 0 aromatic heterocycles. The zero-order chi connectivity index (χ0) is 34.6. The number of cyclic esters (lactones) is 2. The molecule has 0 spiro atoms. The van der Waals surface area contributed by atoms with Gasteiger partial charge in [-0.2, -0.15) is 0 Å². The van der Waals surface area contributed by atoms with Crippen molar-refractivity contribution in [2.45, 2.75) is 77.0 Å². The van der Waals surface area contributed by atoms with Gasteiger partial charge in [0.1, 0.15) is 11.5 Å². The number of esters is 4. The highest BCUT2D eigenvalue weighted by Gasteiger charge is 2.35. The van der Waals surface area contributed by atoms with Crippen LogP contribution in [0.5, 0.6) is 11.5 Å². The van der Waals surface area contributed by atoms with Gasteiger partial charge in [-0.25, -0.2) is 9.59 Å². The fourth-order valence-electron chi connectivity index (χ4n) is 8.68. The topological polar surface area (TPSA) is 96.0 Å². The van der Waals surface area contributed by atoms with Crippen LogP contribution in [0.2, 0.25) is 0 Å². The van der Waals surface area contributed by atoms with Gasteiger partial charge in [-0.05, 0) is 132 Å². The van der Waals surface area contributed by atoms with E-state index in [4.69, 9.17) is 14.2 Å². The summed E-state index contributed by atoms with van der Waals surface area (Å²) >= 11 is 0. The maximum Gasteiger partial charge on any atom is 0.347 e. The summed E-state index contributed by atoms with van der Waals surface area (Å²) in [6.45, 7) is 0. The largest absolute Gasteiger partial charge is 0.426 e. The summed E-state index contributed by atoms with van der Waals surface area (Å²) in [4.78, 5) is 53.8. The SMILES string of the molecule is O=C1CCc2ccccc2-c2c3c(cc4c(cccc24)CCC(=O)Oc2ccc4c(c2-c2c(ccc5c2CCCC5)O1)CCCC4)C(=O)OC3=O. The predicted octanol–water partition coefficient (Wildman–Crippen LogP) is 8.63. The summed E-state index contributed by atoms with van der Waals surface area (Å²) in [5.74, 6) is -1.17. The number of carbonyl (C=O) groups excluding carboxylic acids is 4. The number of benzene rings is 5. The molecule has 0 amide bonds. The Balaban J connectivity index is 1.24. The first-order chi connectivity index (χ1) is 24.9. The quantitative estimate of drug-likeness (QED) is 0.0921. The number of aryl methyl sites for hydroxylation is 4. The van der Waals surface area contributed by atoms with Crippen molar-refractivity contribution in [3.8, 4) is 33.8 Å². The summed E-state index contributed by atoms with van der Waals surface area (Å²) in [6.07, 6.45) is 8.79. The summed E-state index contributed by atoms with van der Waals surface area (Å²) in [6, 6.07) is 23.1. The lowest BCUT2D eigenvalue weighted by Crippen LogP contribution is -2.16. The van der Waals surface area contributed by atoms with E-state index in [2.05, 4.69) is 12.1 Å². The first-order valence-electron chi connectivity index (χ1n) is 18.1. The van der Waals surface area contributed by atoms with Gasteiger partial charge in [0, 0.05) is 16.7 Å². The Kier molecular flexibility index (Phi) is 7.79. The molecule has 5 aromatic rings. The fourth-order valence-corrected chi connectivity index (χ4v) is 8.68. The molecule has 0 N–H and O–H groups in total. The number of ether oxygens (including phenoxy) is 3. The minimum Gasteiger partial charge on any atom is -0.426 e. The second kappa shape index (κ2) is 12.6. The zero-order valence-electron chi connectivity index (χ0n) is 28.3. The van der Waals surface area contributed by atoms with Gasteiger partial charge in [-0.1, -0.05) is 54.6 Å². The molecule has 0 fully saturated rings. The number of hydrogen-bond donors (Lipinski definition) is 0. The minimum absolute atomic E-state index is 0.0872. The Labute approximate surface area is 295 Å². The highest BCUT2D eigenvalue weighted by atomic mass is 16.6. The van der Waals surface area contributed by atoms with Crippen molar-refractivity contribution in [3.63, 3.8) is 0 Å². The molecule has 51 heavy (non-hydrogen) atoms. The van der Waals surface area contributed by atoms with Crippen LogP contribution in [0, 0.1) is 0 Å². The first kappa shape index (κ1) is 31.4. The molecule has 4 bridgehead atoms. The molecule has 0 atom stereocenters. The van der Waals surface area contributed by atoms with Crippen LogP contribution < -0.4 is 9.47 Å². The van der Waals surface area contributed by atoms with Crippen LogP contribution in [0.4, 0.5) is 0 Å². The Bertz CT molecular complexity index is 2330. The van der Waals surface area contributed by atoms with Crippen molar-refractivity contribution in [2.24, 2.45) is 0 Å². The molecule has 5 aromatic carbocycles. The van der Waals surface area contributed by atoms with E-state index in [0.717, 1.165) is 90.0 Å². The maximum absolute atomic E-state index is 13.9. The number of rotatable bonds is 0. The second-order valence-electron chi connectivity index (χ2n) is 14.0. The van der Waals surface area contributed by atoms with Crippen LogP contribution in [0.25, 0.3) is 33.0 Å². The standard InChI is InChI=1S/C44H36O7/c45-37-22-18-27-10-1-4-12-29(27)39-32-15-7-11-28(33(32)24-34-42(39)44(48)51-43(34)47)19-23-38(46)50-36-21-17-26-9-3-6-14-31(26)41(36)40-30-13-5-2-8-25(30)16-20-35(40)49-37/h1,4,7,10-12,15-17,20-21,24H,2-3,5-6,8-9,13-14,18-19,22-23H2. The van der Waals surface area contributed by atoms with Crippen LogP contribution >= 0.6 is 0 Å². The monoisotopic (exact) mass is 676 g/mol. The van der Waals surface area contributed by atoms with E-state index in [1.165, 1.54) is 22.3 Å². The molecule has 2 aliphatic heterocycles. The third kappa shape index (κ3) is 5.43. The molecule has 2 heterocycles. The molecule has 7 heteroatoms. The summed E-state index contributed by atoms with van der Waals surface area (Å²) in [5.41, 5.74) is 10.0. The lowest BCUT2D eigenvalue weighted by molar-refractivity contribution is -0.135. The van der Waals surface area contributed by atoms with Crippen LogP contribution in [0.15, 0.2) is 72.8 Å². The number of carbonyl (C=O) groups is 4. The number of fused-ring (bicyclic) bond motifs is 11. The lowest BCUT2D eigenvalue weighted by Gasteiger charge is -2.27. The maximum atomic E-state index is 13.9. The molecule has 0 saturated heterocycles. The Hall–Kier alpha value is -5.56. The van der Waals surface area contributed by atoms with E-state index in [1.807, 2.05) is 54.6 Å². The van der Waals surface area contributed by atoms with Crippen LogP contribution in [0.3, 0.4) is 0 Å². The van der Waals surface area contributed by atoms with Gasteiger partial charge in [0.2, 0.25) is 0 Å². The summed E-state index contributed by atoms with van der Waals surface area (Å²) < 4.78 is 17.7. The molecule has 9 rings (SSSR count). The molecule has 0 radical (unpaired) electrons. The Morgan fingerprint density at radius 1 is 0.392 bits per heavy atom. The van der Waals surface area contributed by atoms with Gasteiger partial charge in [-0.3, -0.25) is 9.59 Å². The Morgan fingerprint density at radius 3 is 1.65 bits per heavy atom. The molecule has 254 valence electrons. The summed E-state index contributed by atoms with van der Waals surface area (Å²) in [5, 5.41) is 1.52. The van der Waals surface area contributed by atoms with Gasteiger partial charge in [0.05, 0.1) is 24.0 Å².